The van der Waals surface area contributed by atoms with Crippen molar-refractivity contribution in [3.8, 4) is 0 Å². The Morgan fingerprint density at radius 3 is 1.48 bits per heavy atom. The monoisotopic (exact) mass is 292 g/mol. The summed E-state index contributed by atoms with van der Waals surface area (Å²) in [6.07, 6.45) is 7.82. The van der Waals surface area contributed by atoms with Crippen molar-refractivity contribution in [3.63, 3.8) is 0 Å². The highest BCUT2D eigenvalue weighted by Gasteiger charge is 2.56. The summed E-state index contributed by atoms with van der Waals surface area (Å²) in [6, 6.07) is 0. The second kappa shape index (κ2) is 4.75. The Hall–Kier alpha value is -1.52. The third-order valence-electron chi connectivity index (χ3n) is 5.78. The van der Waals surface area contributed by atoms with Gasteiger partial charge >= 0.3 is 0 Å². The lowest BCUT2D eigenvalue weighted by atomic mass is 9.49. The predicted molar refractivity (Wildman–Crippen MR) is 81.7 cm³/mol. The normalized spacial score (nSPS) is 39.9. The van der Waals surface area contributed by atoms with Crippen LogP contribution in [0.15, 0.2) is 48.0 Å². The van der Waals surface area contributed by atoms with Crippen molar-refractivity contribution < 1.29 is 20.4 Å². The van der Waals surface area contributed by atoms with Crippen molar-refractivity contribution in [1.29, 1.82) is 0 Å². The minimum absolute atomic E-state index is 0.0400. The van der Waals surface area contributed by atoms with Gasteiger partial charge in [0, 0.05) is 10.8 Å². The first-order valence-electron chi connectivity index (χ1n) is 7.11. The van der Waals surface area contributed by atoms with E-state index < -0.39 is 28.5 Å². The molecule has 4 unspecified atom stereocenters. The molecule has 4 atom stereocenters. The predicted octanol–water partition coefficient (Wildman–Crippen LogP) is 2.77. The van der Waals surface area contributed by atoms with E-state index in [9.17, 15) is 20.4 Å². The van der Waals surface area contributed by atoms with Crippen LogP contribution in [-0.2, 0) is 0 Å². The van der Waals surface area contributed by atoms with Crippen molar-refractivity contribution in [3.05, 3.63) is 48.0 Å². The van der Waals surface area contributed by atoms with Gasteiger partial charge in [0.2, 0.25) is 0 Å². The van der Waals surface area contributed by atoms with Gasteiger partial charge in [0.1, 0.15) is 11.5 Å². The molecule has 0 amide bonds. The van der Waals surface area contributed by atoms with Gasteiger partial charge in [-0.25, -0.2) is 0 Å². The quantitative estimate of drug-likeness (QED) is 0.631. The molecule has 0 aromatic heterocycles. The van der Waals surface area contributed by atoms with Crippen LogP contribution < -0.4 is 0 Å². The average Bonchev–Trinajstić information content (AvgIpc) is 2.38. The van der Waals surface area contributed by atoms with Crippen molar-refractivity contribution in [2.75, 3.05) is 0 Å². The van der Waals surface area contributed by atoms with E-state index in [1.165, 1.54) is 12.2 Å². The highest BCUT2D eigenvalue weighted by molar-refractivity contribution is 5.33. The molecule has 0 bridgehead atoms. The van der Waals surface area contributed by atoms with Crippen molar-refractivity contribution in [1.82, 2.24) is 0 Å². The van der Waals surface area contributed by atoms with Crippen LogP contribution in [0.5, 0.6) is 0 Å². The van der Waals surface area contributed by atoms with Gasteiger partial charge in [-0.15, -0.1) is 0 Å². The lowest BCUT2D eigenvalue weighted by Crippen LogP contribution is -2.56. The first-order valence-corrected chi connectivity index (χ1v) is 7.11. The SMILES string of the molecule is CC1(C(C)(C)C2(C)C=CC(O)=CC2O)C=CC(O)=CC1O. The lowest BCUT2D eigenvalue weighted by Gasteiger charge is -2.56. The number of allylic oxidation sites excluding steroid dienone is 2. The Kier molecular flexibility index (Phi) is 3.59. The van der Waals surface area contributed by atoms with Gasteiger partial charge in [0.05, 0.1) is 12.2 Å². The molecule has 0 spiro atoms. The molecule has 116 valence electrons. The second-order valence-electron chi connectivity index (χ2n) is 6.93. The molecule has 2 aliphatic rings. The number of hydrogen-bond donors (Lipinski definition) is 4. The molecule has 0 fully saturated rings. The summed E-state index contributed by atoms with van der Waals surface area (Å²) in [7, 11) is 0. The molecule has 0 saturated heterocycles. The third-order valence-corrected chi connectivity index (χ3v) is 5.78. The van der Waals surface area contributed by atoms with E-state index in [4.69, 9.17) is 0 Å². The molecule has 4 heteroatoms. The highest BCUT2D eigenvalue weighted by atomic mass is 16.3. The lowest BCUT2D eigenvalue weighted by molar-refractivity contribution is -0.0888. The molecule has 21 heavy (non-hydrogen) atoms. The van der Waals surface area contributed by atoms with Crippen LogP contribution in [0.3, 0.4) is 0 Å². The molecule has 2 aliphatic carbocycles. The van der Waals surface area contributed by atoms with Gasteiger partial charge in [-0.3, -0.25) is 0 Å². The van der Waals surface area contributed by atoms with E-state index in [1.54, 1.807) is 24.3 Å². The third kappa shape index (κ3) is 2.14. The maximum Gasteiger partial charge on any atom is 0.113 e. The number of hydrogen-bond acceptors (Lipinski definition) is 4. The first kappa shape index (κ1) is 15.9. The summed E-state index contributed by atoms with van der Waals surface area (Å²) in [5.74, 6) is 0.0800. The van der Waals surface area contributed by atoms with Crippen LogP contribution in [0, 0.1) is 16.2 Å². The van der Waals surface area contributed by atoms with Crippen molar-refractivity contribution in [2.45, 2.75) is 39.9 Å². The van der Waals surface area contributed by atoms with E-state index in [1.807, 2.05) is 27.7 Å². The second-order valence-corrected chi connectivity index (χ2v) is 6.93. The summed E-state index contributed by atoms with van der Waals surface area (Å²) in [5.41, 5.74) is -1.92. The molecule has 0 aliphatic heterocycles. The fourth-order valence-electron chi connectivity index (χ4n) is 3.23. The Balaban J connectivity index is 2.48. The molecular weight excluding hydrogens is 268 g/mol. The summed E-state index contributed by atoms with van der Waals surface area (Å²) in [6.45, 7) is 7.75. The van der Waals surface area contributed by atoms with E-state index in [-0.39, 0.29) is 11.5 Å². The smallest absolute Gasteiger partial charge is 0.113 e. The summed E-state index contributed by atoms with van der Waals surface area (Å²) < 4.78 is 0. The van der Waals surface area contributed by atoms with Gasteiger partial charge in [0.25, 0.3) is 0 Å². The summed E-state index contributed by atoms with van der Waals surface area (Å²) in [5, 5.41) is 40.0. The van der Waals surface area contributed by atoms with Crippen LogP contribution in [0.2, 0.25) is 0 Å². The van der Waals surface area contributed by atoms with Crippen LogP contribution >= 0.6 is 0 Å². The standard InChI is InChI=1S/C17H24O4/c1-15(2,16(3)7-5-11(18)9-13(16)20)17(4)8-6-12(19)10-14(17)21/h5-10,13-14,18-21H,1-4H3. The van der Waals surface area contributed by atoms with Crippen molar-refractivity contribution in [2.24, 2.45) is 16.2 Å². The number of aliphatic hydroxyl groups is 4. The van der Waals surface area contributed by atoms with E-state index in [2.05, 4.69) is 0 Å². The van der Waals surface area contributed by atoms with Crippen LogP contribution in [0.25, 0.3) is 0 Å². The van der Waals surface area contributed by atoms with Crippen molar-refractivity contribution >= 4 is 0 Å². The average molecular weight is 292 g/mol. The Morgan fingerprint density at radius 1 is 0.857 bits per heavy atom. The molecular formula is C17H24O4. The zero-order valence-corrected chi connectivity index (χ0v) is 12.9. The Bertz CT molecular complexity index is 507. The van der Waals surface area contributed by atoms with E-state index >= 15 is 0 Å². The van der Waals surface area contributed by atoms with Crippen LogP contribution in [0.4, 0.5) is 0 Å². The fourth-order valence-corrected chi connectivity index (χ4v) is 3.23. The molecule has 0 aromatic rings. The zero-order valence-electron chi connectivity index (χ0n) is 12.9. The number of rotatable bonds is 2. The molecule has 0 aromatic carbocycles. The fraction of sp³-hybridized carbons (Fsp3) is 0.529. The van der Waals surface area contributed by atoms with Gasteiger partial charge in [-0.2, -0.15) is 0 Å². The van der Waals surface area contributed by atoms with Gasteiger partial charge in [0.15, 0.2) is 0 Å². The molecule has 0 heterocycles. The summed E-state index contributed by atoms with van der Waals surface area (Å²) in [4.78, 5) is 0. The first-order chi connectivity index (χ1) is 9.54. The highest BCUT2D eigenvalue weighted by Crippen LogP contribution is 2.58. The maximum atomic E-state index is 10.5. The van der Waals surface area contributed by atoms with Gasteiger partial charge < -0.3 is 20.4 Å². The topological polar surface area (TPSA) is 80.9 Å². The molecule has 4 N–H and O–H groups in total. The Morgan fingerprint density at radius 2 is 1.19 bits per heavy atom. The molecule has 4 nitrogen and oxygen atoms in total. The minimum atomic E-state index is -0.866. The summed E-state index contributed by atoms with van der Waals surface area (Å²) >= 11 is 0. The Labute approximate surface area is 125 Å². The molecule has 2 rings (SSSR count). The number of aliphatic hydroxyl groups excluding tert-OH is 4. The van der Waals surface area contributed by atoms with Crippen LogP contribution in [0.1, 0.15) is 27.7 Å². The van der Waals surface area contributed by atoms with Crippen LogP contribution in [-0.4, -0.2) is 32.6 Å². The minimum Gasteiger partial charge on any atom is -0.508 e. The largest absolute Gasteiger partial charge is 0.508 e. The van der Waals surface area contributed by atoms with Gasteiger partial charge in [-0.05, 0) is 29.7 Å². The van der Waals surface area contributed by atoms with E-state index in [0.29, 0.717) is 0 Å². The molecule has 0 saturated carbocycles. The zero-order chi connectivity index (χ0) is 16.1. The maximum absolute atomic E-state index is 10.5. The van der Waals surface area contributed by atoms with E-state index in [0.717, 1.165) is 0 Å². The molecule has 0 radical (unpaired) electrons. The van der Waals surface area contributed by atoms with Gasteiger partial charge in [-0.1, -0.05) is 39.8 Å².